The summed E-state index contributed by atoms with van der Waals surface area (Å²) in [5, 5.41) is 13.0. The van der Waals surface area contributed by atoms with Gasteiger partial charge in [-0.25, -0.2) is 14.8 Å². The van der Waals surface area contributed by atoms with Crippen LogP contribution in [0, 0.1) is 0 Å². The number of ketones is 1. The van der Waals surface area contributed by atoms with Crippen LogP contribution in [0.3, 0.4) is 0 Å². The largest absolute Gasteiger partial charge is 0.478 e. The third kappa shape index (κ3) is 3.61. The Kier molecular flexibility index (Phi) is 4.94. The highest BCUT2D eigenvalue weighted by atomic mass is 35.5. The number of carboxylic acids is 1. The van der Waals surface area contributed by atoms with Crippen LogP contribution < -0.4 is 0 Å². The zero-order valence-corrected chi connectivity index (χ0v) is 16.0. The van der Waals surface area contributed by atoms with Crippen molar-refractivity contribution < 1.29 is 27.9 Å². The number of benzene rings is 1. The minimum Gasteiger partial charge on any atom is -0.478 e. The van der Waals surface area contributed by atoms with Crippen molar-refractivity contribution in [2.75, 3.05) is 0 Å². The van der Waals surface area contributed by atoms with Crippen LogP contribution >= 0.6 is 11.6 Å². The highest BCUT2D eigenvalue weighted by Crippen LogP contribution is 2.36. The molecule has 0 saturated heterocycles. The number of carbonyl (C=O) groups is 2. The Bertz CT molecular complexity index is 1330. The molecule has 0 aliphatic heterocycles. The van der Waals surface area contributed by atoms with Crippen LogP contribution in [0.5, 0.6) is 0 Å². The molecule has 1 aromatic carbocycles. The highest BCUT2D eigenvalue weighted by molar-refractivity contribution is 6.35. The van der Waals surface area contributed by atoms with Crippen molar-refractivity contribution in [2.24, 2.45) is 0 Å². The fourth-order valence-corrected chi connectivity index (χ4v) is 3.29. The maximum atomic E-state index is 13.5. The average molecular weight is 447 g/mol. The van der Waals surface area contributed by atoms with E-state index in [0.29, 0.717) is 0 Å². The molecule has 0 aliphatic carbocycles. The summed E-state index contributed by atoms with van der Waals surface area (Å²) in [6, 6.07) is 8.66. The normalized spacial score (nSPS) is 11.6. The van der Waals surface area contributed by atoms with Crippen LogP contribution in [0.25, 0.3) is 16.9 Å². The molecule has 4 rings (SSSR count). The topological polar surface area (TPSA) is 98.0 Å². The van der Waals surface area contributed by atoms with Crippen molar-refractivity contribution in [1.29, 1.82) is 0 Å². The molecule has 4 aromatic rings. The van der Waals surface area contributed by atoms with Gasteiger partial charge in [-0.15, -0.1) is 0 Å². The molecule has 0 aliphatic rings. The zero-order chi connectivity index (χ0) is 22.3. The Labute approximate surface area is 176 Å². The van der Waals surface area contributed by atoms with Crippen molar-refractivity contribution in [1.82, 2.24) is 19.7 Å². The van der Waals surface area contributed by atoms with Crippen molar-refractivity contribution in [3.8, 4) is 5.82 Å². The van der Waals surface area contributed by atoms with Gasteiger partial charge in [-0.2, -0.15) is 23.0 Å². The summed E-state index contributed by atoms with van der Waals surface area (Å²) in [5.74, 6) is -2.09. The number of hydrogen-bond donors (Lipinski definition) is 1. The van der Waals surface area contributed by atoms with Crippen LogP contribution in [0.4, 0.5) is 13.2 Å². The van der Waals surface area contributed by atoms with E-state index in [1.54, 1.807) is 0 Å². The summed E-state index contributed by atoms with van der Waals surface area (Å²) < 4.78 is 41.6. The highest BCUT2D eigenvalue weighted by Gasteiger charge is 2.37. The summed E-state index contributed by atoms with van der Waals surface area (Å²) in [5.41, 5.74) is -2.12. The summed E-state index contributed by atoms with van der Waals surface area (Å²) in [6.45, 7) is 0. The standard InChI is InChI=1S/C20H10ClF3N4O3/c21-13-5-1-4-12(20(22,23)24)15(13)17(29)16-11-3-2-8-25-18(11)28(27-16)14-7-6-10(9-26-14)19(30)31/h1-9H,(H,30,31). The lowest BCUT2D eigenvalue weighted by molar-refractivity contribution is -0.137. The molecule has 0 fully saturated rings. The second-order valence-electron chi connectivity index (χ2n) is 6.33. The van der Waals surface area contributed by atoms with E-state index < -0.39 is 29.1 Å². The fraction of sp³-hybridized carbons (Fsp3) is 0.0500. The molecule has 0 atom stereocenters. The number of carbonyl (C=O) groups excluding carboxylic acids is 1. The lowest BCUT2D eigenvalue weighted by Gasteiger charge is -2.12. The van der Waals surface area contributed by atoms with Gasteiger partial charge in [0.1, 0.15) is 5.69 Å². The van der Waals surface area contributed by atoms with Crippen LogP contribution in [-0.4, -0.2) is 36.6 Å². The van der Waals surface area contributed by atoms with Gasteiger partial charge >= 0.3 is 12.1 Å². The molecule has 0 bridgehead atoms. The van der Waals surface area contributed by atoms with E-state index >= 15 is 0 Å². The predicted octanol–water partition coefficient (Wildman–Crippen LogP) is 4.42. The predicted molar refractivity (Wildman–Crippen MR) is 104 cm³/mol. The fourth-order valence-electron chi connectivity index (χ4n) is 3.03. The summed E-state index contributed by atoms with van der Waals surface area (Å²) >= 11 is 5.96. The molecule has 0 radical (unpaired) electrons. The van der Waals surface area contributed by atoms with Crippen molar-refractivity contribution in [2.45, 2.75) is 6.18 Å². The lowest BCUT2D eigenvalue weighted by Crippen LogP contribution is -2.15. The number of halogens is 4. The van der Waals surface area contributed by atoms with Gasteiger partial charge in [-0.1, -0.05) is 17.7 Å². The molecule has 3 aromatic heterocycles. The first-order valence-corrected chi connectivity index (χ1v) is 9.00. The van der Waals surface area contributed by atoms with E-state index in [9.17, 15) is 22.8 Å². The van der Waals surface area contributed by atoms with Crippen molar-refractivity contribution >= 4 is 34.4 Å². The second kappa shape index (κ2) is 7.47. The SMILES string of the molecule is O=C(O)c1ccc(-n2nc(C(=O)c3c(Cl)cccc3C(F)(F)F)c3cccnc32)nc1. The third-order valence-electron chi connectivity index (χ3n) is 4.42. The van der Waals surface area contributed by atoms with Crippen LogP contribution in [0.1, 0.15) is 32.0 Å². The first kappa shape index (κ1) is 20.5. The number of aromatic carboxylic acids is 1. The first-order valence-electron chi connectivity index (χ1n) is 8.62. The molecule has 0 spiro atoms. The zero-order valence-electron chi connectivity index (χ0n) is 15.3. The Hall–Kier alpha value is -3.79. The van der Waals surface area contributed by atoms with E-state index in [1.807, 2.05) is 0 Å². The molecule has 31 heavy (non-hydrogen) atoms. The smallest absolute Gasteiger partial charge is 0.417 e. The molecule has 3 heterocycles. The van der Waals surface area contributed by atoms with Gasteiger partial charge in [0.2, 0.25) is 5.78 Å². The monoisotopic (exact) mass is 446 g/mol. The second-order valence-corrected chi connectivity index (χ2v) is 6.74. The molecule has 7 nitrogen and oxygen atoms in total. The van der Waals surface area contributed by atoms with Crippen LogP contribution in [-0.2, 0) is 6.18 Å². The van der Waals surface area contributed by atoms with Gasteiger partial charge in [0, 0.05) is 12.4 Å². The summed E-state index contributed by atoms with van der Waals surface area (Å²) in [4.78, 5) is 32.3. The van der Waals surface area contributed by atoms with Crippen LogP contribution in [0.15, 0.2) is 54.9 Å². The van der Waals surface area contributed by atoms with Crippen molar-refractivity contribution in [3.05, 3.63) is 82.3 Å². The summed E-state index contributed by atoms with van der Waals surface area (Å²) in [6.07, 6.45) is -2.30. The number of alkyl halides is 3. The third-order valence-corrected chi connectivity index (χ3v) is 4.73. The minimum absolute atomic E-state index is 0.0737. The molecular formula is C20H10ClF3N4O3. The van der Waals surface area contributed by atoms with Gasteiger partial charge in [-0.05, 0) is 36.4 Å². The quantitative estimate of drug-likeness (QED) is 0.466. The first-order chi connectivity index (χ1) is 14.7. The molecule has 0 saturated carbocycles. The van der Waals surface area contributed by atoms with Gasteiger partial charge in [0.15, 0.2) is 11.5 Å². The van der Waals surface area contributed by atoms with Gasteiger partial charge in [-0.3, -0.25) is 4.79 Å². The maximum Gasteiger partial charge on any atom is 0.417 e. The maximum absolute atomic E-state index is 13.5. The Balaban J connectivity index is 1.91. The summed E-state index contributed by atoms with van der Waals surface area (Å²) in [7, 11) is 0. The molecule has 0 amide bonds. The number of nitrogens with zero attached hydrogens (tertiary/aromatic N) is 4. The van der Waals surface area contributed by atoms with E-state index in [-0.39, 0.29) is 33.1 Å². The molecular weight excluding hydrogens is 437 g/mol. The van der Waals surface area contributed by atoms with Crippen LogP contribution in [0.2, 0.25) is 5.02 Å². The average Bonchev–Trinajstić information content (AvgIpc) is 3.12. The lowest BCUT2D eigenvalue weighted by atomic mass is 10.00. The molecule has 0 unspecified atom stereocenters. The van der Waals surface area contributed by atoms with Gasteiger partial charge in [0.05, 0.1) is 27.1 Å². The molecule has 1 N–H and O–H groups in total. The number of aromatic nitrogens is 4. The van der Waals surface area contributed by atoms with E-state index in [2.05, 4.69) is 15.1 Å². The van der Waals surface area contributed by atoms with Crippen molar-refractivity contribution in [3.63, 3.8) is 0 Å². The minimum atomic E-state index is -4.80. The van der Waals surface area contributed by atoms with E-state index in [4.69, 9.17) is 16.7 Å². The molecule has 156 valence electrons. The van der Waals surface area contributed by atoms with E-state index in [1.165, 1.54) is 36.5 Å². The number of pyridine rings is 2. The van der Waals surface area contributed by atoms with E-state index in [0.717, 1.165) is 23.0 Å². The number of hydrogen-bond acceptors (Lipinski definition) is 5. The number of rotatable bonds is 4. The van der Waals surface area contributed by atoms with Gasteiger partial charge < -0.3 is 5.11 Å². The Morgan fingerprint density at radius 2 is 1.81 bits per heavy atom. The Morgan fingerprint density at radius 1 is 1.03 bits per heavy atom. The number of fused-ring (bicyclic) bond motifs is 1. The molecule has 11 heteroatoms. The Morgan fingerprint density at radius 3 is 2.45 bits per heavy atom. The van der Waals surface area contributed by atoms with Gasteiger partial charge in [0.25, 0.3) is 0 Å². The number of carboxylic acid groups (broad SMARTS) is 1.